The van der Waals surface area contributed by atoms with Gasteiger partial charge in [0.25, 0.3) is 0 Å². The molecule has 0 radical (unpaired) electrons. The van der Waals surface area contributed by atoms with Gasteiger partial charge in [0.05, 0.1) is 17.6 Å². The maximum absolute atomic E-state index is 12.1. The van der Waals surface area contributed by atoms with E-state index in [-0.39, 0.29) is 24.6 Å². The van der Waals surface area contributed by atoms with Crippen LogP contribution in [0.5, 0.6) is 0 Å². The number of hydrogen-bond acceptors (Lipinski definition) is 4. The number of aromatic nitrogens is 3. The molecule has 1 amide bonds. The van der Waals surface area contributed by atoms with Gasteiger partial charge in [0, 0.05) is 13.0 Å². The lowest BCUT2D eigenvalue weighted by Crippen LogP contribution is -2.26. The molecule has 2 aromatic heterocycles. The summed E-state index contributed by atoms with van der Waals surface area (Å²) in [4.78, 5) is 31.1. The second kappa shape index (κ2) is 6.27. The highest BCUT2D eigenvalue weighted by molar-refractivity contribution is 5.77. The first-order valence-corrected chi connectivity index (χ1v) is 7.99. The number of fused-ring (bicyclic) bond motifs is 2. The van der Waals surface area contributed by atoms with Crippen molar-refractivity contribution in [3.63, 3.8) is 0 Å². The van der Waals surface area contributed by atoms with Crippen LogP contribution in [0.4, 0.5) is 0 Å². The molecule has 0 spiro atoms. The molecule has 4 aromatic rings. The van der Waals surface area contributed by atoms with Crippen molar-refractivity contribution in [2.45, 2.75) is 19.5 Å². The molecule has 2 aromatic carbocycles. The Morgan fingerprint density at radius 1 is 1.16 bits per heavy atom. The largest absolute Gasteiger partial charge is 0.439 e. The summed E-state index contributed by atoms with van der Waals surface area (Å²) >= 11 is 0. The number of rotatable bonds is 5. The van der Waals surface area contributed by atoms with Crippen molar-refractivity contribution in [3.8, 4) is 0 Å². The molecule has 0 saturated heterocycles. The van der Waals surface area contributed by atoms with E-state index >= 15 is 0 Å². The number of oxazole rings is 1. The maximum Gasteiger partial charge on any atom is 0.326 e. The van der Waals surface area contributed by atoms with E-state index in [0.29, 0.717) is 18.0 Å². The minimum Gasteiger partial charge on any atom is -0.439 e. The third-order valence-electron chi connectivity index (χ3n) is 4.02. The molecule has 0 atom stereocenters. The standard InChI is InChI=1S/C18H16N4O3/c23-16(19-11-17-20-13-6-2-4-8-15(13)25-17)9-10-22-14-7-3-1-5-12(14)21-18(22)24/h1-8H,9-11H2,(H,19,23)(H,21,24). The summed E-state index contributed by atoms with van der Waals surface area (Å²) in [5.41, 5.74) is 2.79. The Balaban J connectivity index is 1.39. The van der Waals surface area contributed by atoms with E-state index in [2.05, 4.69) is 15.3 Å². The highest BCUT2D eigenvalue weighted by Crippen LogP contribution is 2.14. The average molecular weight is 336 g/mol. The lowest BCUT2D eigenvalue weighted by molar-refractivity contribution is -0.121. The first kappa shape index (κ1) is 15.2. The summed E-state index contributed by atoms with van der Waals surface area (Å²) in [6.07, 6.45) is 0.196. The van der Waals surface area contributed by atoms with Crippen LogP contribution in [0.15, 0.2) is 57.7 Å². The monoisotopic (exact) mass is 336 g/mol. The van der Waals surface area contributed by atoms with E-state index in [9.17, 15) is 9.59 Å². The van der Waals surface area contributed by atoms with Gasteiger partial charge in [-0.05, 0) is 24.3 Å². The molecule has 0 bridgehead atoms. The number of para-hydroxylation sites is 4. The zero-order chi connectivity index (χ0) is 17.2. The summed E-state index contributed by atoms with van der Waals surface area (Å²) < 4.78 is 7.12. The van der Waals surface area contributed by atoms with Gasteiger partial charge in [0.15, 0.2) is 5.58 Å². The van der Waals surface area contributed by atoms with Gasteiger partial charge in [0.2, 0.25) is 11.8 Å². The van der Waals surface area contributed by atoms with Gasteiger partial charge in [-0.25, -0.2) is 9.78 Å². The van der Waals surface area contributed by atoms with Gasteiger partial charge in [0.1, 0.15) is 5.52 Å². The topological polar surface area (TPSA) is 92.9 Å². The number of aromatic amines is 1. The molecule has 0 fully saturated rings. The number of carbonyl (C=O) groups is 1. The van der Waals surface area contributed by atoms with E-state index in [1.807, 2.05) is 48.5 Å². The fourth-order valence-corrected chi connectivity index (χ4v) is 2.80. The van der Waals surface area contributed by atoms with Crippen LogP contribution < -0.4 is 11.0 Å². The van der Waals surface area contributed by atoms with Crippen molar-refractivity contribution >= 4 is 28.0 Å². The molecule has 4 rings (SSSR count). The molecule has 0 unspecified atom stereocenters. The normalized spacial score (nSPS) is 11.2. The van der Waals surface area contributed by atoms with Crippen LogP contribution >= 0.6 is 0 Å². The predicted molar refractivity (Wildman–Crippen MR) is 93.0 cm³/mol. The Bertz CT molecular complexity index is 1070. The second-order valence-corrected chi connectivity index (χ2v) is 5.70. The first-order chi connectivity index (χ1) is 12.2. The number of benzene rings is 2. The van der Waals surface area contributed by atoms with Gasteiger partial charge in [-0.1, -0.05) is 24.3 Å². The van der Waals surface area contributed by atoms with Crippen molar-refractivity contribution in [2.75, 3.05) is 0 Å². The number of amides is 1. The Labute approximate surface area is 142 Å². The first-order valence-electron chi connectivity index (χ1n) is 7.99. The number of carbonyl (C=O) groups excluding carboxylic acids is 1. The van der Waals surface area contributed by atoms with E-state index in [4.69, 9.17) is 4.42 Å². The molecule has 0 saturated carbocycles. The number of hydrogen-bond donors (Lipinski definition) is 2. The molecule has 0 aliphatic carbocycles. The van der Waals surface area contributed by atoms with E-state index in [1.54, 1.807) is 4.57 Å². The van der Waals surface area contributed by atoms with Gasteiger partial charge in [-0.15, -0.1) is 0 Å². The molecule has 2 N–H and O–H groups in total. The number of aryl methyl sites for hydroxylation is 1. The molecule has 7 heteroatoms. The Morgan fingerprint density at radius 3 is 2.84 bits per heavy atom. The fraction of sp³-hybridized carbons (Fsp3) is 0.167. The van der Waals surface area contributed by atoms with Gasteiger partial charge in [-0.2, -0.15) is 0 Å². The average Bonchev–Trinajstić information content (AvgIpc) is 3.18. The minimum absolute atomic E-state index is 0.167. The number of nitrogens with zero attached hydrogens (tertiary/aromatic N) is 2. The molecule has 25 heavy (non-hydrogen) atoms. The SMILES string of the molecule is O=C(CCn1c(=O)[nH]c2ccccc21)NCc1nc2ccccc2o1. The molecule has 0 aliphatic heterocycles. The zero-order valence-corrected chi connectivity index (χ0v) is 13.4. The molecule has 2 heterocycles. The van der Waals surface area contributed by atoms with Gasteiger partial charge >= 0.3 is 5.69 Å². The van der Waals surface area contributed by atoms with Crippen molar-refractivity contribution < 1.29 is 9.21 Å². The quantitative estimate of drug-likeness (QED) is 0.584. The number of imidazole rings is 1. The smallest absolute Gasteiger partial charge is 0.326 e. The molecule has 7 nitrogen and oxygen atoms in total. The zero-order valence-electron chi connectivity index (χ0n) is 13.4. The van der Waals surface area contributed by atoms with Gasteiger partial charge in [-0.3, -0.25) is 9.36 Å². The van der Waals surface area contributed by atoms with Crippen LogP contribution in [-0.4, -0.2) is 20.4 Å². The Hall–Kier alpha value is -3.35. The summed E-state index contributed by atoms with van der Waals surface area (Å²) in [5.74, 6) is 0.290. The Morgan fingerprint density at radius 2 is 1.96 bits per heavy atom. The van der Waals surface area contributed by atoms with Crippen LogP contribution in [-0.2, 0) is 17.9 Å². The van der Waals surface area contributed by atoms with Crippen molar-refractivity contribution in [3.05, 3.63) is 64.9 Å². The summed E-state index contributed by atoms with van der Waals surface area (Å²) in [7, 11) is 0. The molecular formula is C18H16N4O3. The summed E-state index contributed by atoms with van der Waals surface area (Å²) in [5, 5.41) is 2.77. The number of H-pyrrole nitrogens is 1. The lowest BCUT2D eigenvalue weighted by atomic mass is 10.3. The van der Waals surface area contributed by atoms with Crippen LogP contribution in [0.2, 0.25) is 0 Å². The maximum atomic E-state index is 12.1. The van der Waals surface area contributed by atoms with Crippen LogP contribution in [0, 0.1) is 0 Å². The molecule has 126 valence electrons. The van der Waals surface area contributed by atoms with E-state index < -0.39 is 0 Å². The molecular weight excluding hydrogens is 320 g/mol. The molecule has 0 aliphatic rings. The van der Waals surface area contributed by atoms with Crippen molar-refractivity contribution in [1.29, 1.82) is 0 Å². The lowest BCUT2D eigenvalue weighted by Gasteiger charge is -2.04. The summed E-state index contributed by atoms with van der Waals surface area (Å²) in [6, 6.07) is 14.8. The predicted octanol–water partition coefficient (Wildman–Crippen LogP) is 2.18. The van der Waals surface area contributed by atoms with Gasteiger partial charge < -0.3 is 14.7 Å². The Kier molecular flexibility index (Phi) is 3.81. The van der Waals surface area contributed by atoms with Crippen LogP contribution in [0.25, 0.3) is 22.1 Å². The summed E-state index contributed by atoms with van der Waals surface area (Å²) in [6.45, 7) is 0.526. The third kappa shape index (κ3) is 3.03. The third-order valence-corrected chi connectivity index (χ3v) is 4.02. The second-order valence-electron chi connectivity index (χ2n) is 5.70. The van der Waals surface area contributed by atoms with Crippen molar-refractivity contribution in [1.82, 2.24) is 19.9 Å². The van der Waals surface area contributed by atoms with Crippen molar-refractivity contribution in [2.24, 2.45) is 0 Å². The number of nitrogens with one attached hydrogen (secondary N) is 2. The van der Waals surface area contributed by atoms with Crippen LogP contribution in [0.3, 0.4) is 0 Å². The van der Waals surface area contributed by atoms with E-state index in [0.717, 1.165) is 16.6 Å². The highest BCUT2D eigenvalue weighted by atomic mass is 16.3. The fourth-order valence-electron chi connectivity index (χ4n) is 2.80. The minimum atomic E-state index is -0.215. The van der Waals surface area contributed by atoms with E-state index in [1.165, 1.54) is 0 Å². The highest BCUT2D eigenvalue weighted by Gasteiger charge is 2.10. The van der Waals surface area contributed by atoms with Crippen LogP contribution in [0.1, 0.15) is 12.3 Å².